The Bertz CT molecular complexity index is 299. The van der Waals surface area contributed by atoms with Crippen molar-refractivity contribution in [3.63, 3.8) is 0 Å². The van der Waals surface area contributed by atoms with E-state index in [4.69, 9.17) is 10.8 Å². The van der Waals surface area contributed by atoms with Crippen LogP contribution in [-0.2, 0) is 0 Å². The highest BCUT2D eigenvalue weighted by Crippen LogP contribution is 2.28. The second kappa shape index (κ2) is 5.23. The van der Waals surface area contributed by atoms with Gasteiger partial charge in [0.05, 0.1) is 6.42 Å². The van der Waals surface area contributed by atoms with Crippen LogP contribution in [0.3, 0.4) is 0 Å². The minimum Gasteiger partial charge on any atom is -0.508 e. The monoisotopic (exact) mass is 241 g/mol. The molecule has 0 aliphatic carbocycles. The maximum atomic E-state index is 11.9. The molecule has 0 aliphatic rings. The van der Waals surface area contributed by atoms with Crippen LogP contribution in [0, 0.1) is 0 Å². The fourth-order valence-electron chi connectivity index (χ4n) is 1.09. The zero-order chi connectivity index (χ0) is 10.8. The molecular weight excluding hydrogens is 231 g/mol. The zero-order valence-electron chi connectivity index (χ0n) is 7.66. The van der Waals surface area contributed by atoms with Gasteiger partial charge in [-0.2, -0.15) is 13.2 Å². The van der Waals surface area contributed by atoms with Gasteiger partial charge in [0, 0.05) is 6.04 Å². The van der Waals surface area contributed by atoms with Gasteiger partial charge >= 0.3 is 6.18 Å². The van der Waals surface area contributed by atoms with Crippen molar-refractivity contribution in [2.24, 2.45) is 5.73 Å². The number of aromatic hydroxyl groups is 1. The first-order valence-corrected chi connectivity index (χ1v) is 4.00. The predicted molar refractivity (Wildman–Crippen MR) is 53.0 cm³/mol. The number of hydrogen-bond donors (Lipinski definition) is 2. The average Bonchev–Trinajstić information content (AvgIpc) is 2.02. The van der Waals surface area contributed by atoms with Crippen LogP contribution in [0.4, 0.5) is 13.2 Å². The van der Waals surface area contributed by atoms with Crippen LogP contribution in [0.1, 0.15) is 18.0 Å². The molecule has 0 spiro atoms. The van der Waals surface area contributed by atoms with Crippen LogP contribution >= 0.6 is 12.4 Å². The lowest BCUT2D eigenvalue weighted by atomic mass is 10.0. The van der Waals surface area contributed by atoms with E-state index in [9.17, 15) is 13.2 Å². The Labute approximate surface area is 91.3 Å². The molecule has 3 N–H and O–H groups in total. The largest absolute Gasteiger partial charge is 0.508 e. The summed E-state index contributed by atoms with van der Waals surface area (Å²) < 4.78 is 35.8. The molecule has 1 rings (SSSR count). The summed E-state index contributed by atoms with van der Waals surface area (Å²) in [4.78, 5) is 0. The lowest BCUT2D eigenvalue weighted by Crippen LogP contribution is -2.20. The summed E-state index contributed by atoms with van der Waals surface area (Å²) in [5.41, 5.74) is 5.69. The Kier molecular flexibility index (Phi) is 4.90. The molecule has 0 fully saturated rings. The normalized spacial score (nSPS) is 13.1. The van der Waals surface area contributed by atoms with Crippen LogP contribution in [-0.4, -0.2) is 11.3 Å². The van der Waals surface area contributed by atoms with E-state index in [-0.39, 0.29) is 18.2 Å². The summed E-state index contributed by atoms with van der Waals surface area (Å²) >= 11 is 0. The van der Waals surface area contributed by atoms with Gasteiger partial charge in [-0.1, -0.05) is 12.1 Å². The molecule has 1 aromatic carbocycles. The topological polar surface area (TPSA) is 46.2 Å². The Hall–Kier alpha value is -0.940. The second-order valence-electron chi connectivity index (χ2n) is 3.02. The fraction of sp³-hybridized carbons (Fsp3) is 0.333. The van der Waals surface area contributed by atoms with Crippen LogP contribution in [0.5, 0.6) is 5.75 Å². The minimum absolute atomic E-state index is 0. The second-order valence-corrected chi connectivity index (χ2v) is 3.02. The highest BCUT2D eigenvalue weighted by molar-refractivity contribution is 5.85. The van der Waals surface area contributed by atoms with Crippen molar-refractivity contribution in [3.8, 4) is 5.75 Å². The average molecular weight is 242 g/mol. The van der Waals surface area contributed by atoms with Crippen LogP contribution in [0.25, 0.3) is 0 Å². The van der Waals surface area contributed by atoms with Crippen molar-refractivity contribution >= 4 is 12.4 Å². The lowest BCUT2D eigenvalue weighted by Gasteiger charge is -2.14. The summed E-state index contributed by atoms with van der Waals surface area (Å²) in [6, 6.07) is 4.31. The van der Waals surface area contributed by atoms with E-state index < -0.39 is 18.6 Å². The molecule has 1 aromatic rings. The number of phenols is 1. The standard InChI is InChI=1S/C9H10F3NO.ClH/c10-9(11,12)5-8(13)6-1-3-7(14)4-2-6;/h1-4,8,14H,5,13H2;1H/t8-;/m1./s1. The number of hydrogen-bond acceptors (Lipinski definition) is 2. The van der Waals surface area contributed by atoms with Crippen LogP contribution in [0.2, 0.25) is 0 Å². The molecule has 0 saturated heterocycles. The smallest absolute Gasteiger partial charge is 0.390 e. The van der Waals surface area contributed by atoms with Gasteiger partial charge in [0.1, 0.15) is 5.75 Å². The van der Waals surface area contributed by atoms with Crippen molar-refractivity contribution in [2.45, 2.75) is 18.6 Å². The number of rotatable bonds is 2. The maximum absolute atomic E-state index is 11.9. The third kappa shape index (κ3) is 4.90. The molecule has 0 heterocycles. The van der Waals surface area contributed by atoms with E-state index in [2.05, 4.69) is 0 Å². The number of halogens is 4. The Balaban J connectivity index is 0.00000196. The molecule has 15 heavy (non-hydrogen) atoms. The highest BCUT2D eigenvalue weighted by Gasteiger charge is 2.30. The van der Waals surface area contributed by atoms with E-state index in [0.717, 1.165) is 0 Å². The van der Waals surface area contributed by atoms with Gasteiger partial charge in [-0.25, -0.2) is 0 Å². The number of benzene rings is 1. The maximum Gasteiger partial charge on any atom is 0.390 e. The molecule has 1 atom stereocenters. The molecule has 0 unspecified atom stereocenters. The molecule has 2 nitrogen and oxygen atoms in total. The first kappa shape index (κ1) is 14.1. The molecule has 0 bridgehead atoms. The Morgan fingerprint density at radius 3 is 2.07 bits per heavy atom. The van der Waals surface area contributed by atoms with E-state index in [1.807, 2.05) is 0 Å². The van der Waals surface area contributed by atoms with Crippen LogP contribution < -0.4 is 5.73 Å². The van der Waals surface area contributed by atoms with Gasteiger partial charge in [-0.15, -0.1) is 12.4 Å². The third-order valence-corrected chi connectivity index (χ3v) is 1.77. The molecule has 0 amide bonds. The molecular formula is C9H11ClF3NO. The van der Waals surface area contributed by atoms with Gasteiger partial charge < -0.3 is 10.8 Å². The molecule has 0 aromatic heterocycles. The van der Waals surface area contributed by atoms with Crippen molar-refractivity contribution in [3.05, 3.63) is 29.8 Å². The van der Waals surface area contributed by atoms with E-state index in [1.165, 1.54) is 24.3 Å². The number of phenolic OH excluding ortho intramolecular Hbond substituents is 1. The highest BCUT2D eigenvalue weighted by atomic mass is 35.5. The van der Waals surface area contributed by atoms with Gasteiger partial charge in [0.2, 0.25) is 0 Å². The molecule has 86 valence electrons. The van der Waals surface area contributed by atoms with Gasteiger partial charge in [0.25, 0.3) is 0 Å². The summed E-state index contributed by atoms with van der Waals surface area (Å²) in [6.45, 7) is 0. The van der Waals surface area contributed by atoms with Gasteiger partial charge in [0.15, 0.2) is 0 Å². The van der Waals surface area contributed by atoms with E-state index >= 15 is 0 Å². The lowest BCUT2D eigenvalue weighted by molar-refractivity contribution is -0.138. The first-order chi connectivity index (χ1) is 6.38. The van der Waals surface area contributed by atoms with E-state index in [1.54, 1.807) is 0 Å². The van der Waals surface area contributed by atoms with Gasteiger partial charge in [-0.05, 0) is 17.7 Å². The summed E-state index contributed by atoms with van der Waals surface area (Å²) in [6.07, 6.45) is -5.32. The zero-order valence-corrected chi connectivity index (χ0v) is 8.48. The molecule has 0 aliphatic heterocycles. The van der Waals surface area contributed by atoms with Crippen molar-refractivity contribution in [1.82, 2.24) is 0 Å². The van der Waals surface area contributed by atoms with Crippen molar-refractivity contribution < 1.29 is 18.3 Å². The predicted octanol–water partition coefficient (Wildman–Crippen LogP) is 2.77. The number of alkyl halides is 3. The minimum atomic E-state index is -4.27. The van der Waals surface area contributed by atoms with Crippen LogP contribution in [0.15, 0.2) is 24.3 Å². The molecule has 0 saturated carbocycles. The first-order valence-electron chi connectivity index (χ1n) is 4.00. The molecule has 6 heteroatoms. The summed E-state index contributed by atoms with van der Waals surface area (Å²) in [5, 5.41) is 8.91. The Morgan fingerprint density at radius 2 is 1.67 bits per heavy atom. The third-order valence-electron chi connectivity index (χ3n) is 1.77. The quantitative estimate of drug-likeness (QED) is 0.836. The SMILES string of the molecule is Cl.N[C@H](CC(F)(F)F)c1ccc(O)cc1. The molecule has 0 radical (unpaired) electrons. The van der Waals surface area contributed by atoms with Crippen molar-refractivity contribution in [1.29, 1.82) is 0 Å². The Morgan fingerprint density at radius 1 is 1.20 bits per heavy atom. The van der Waals surface area contributed by atoms with Crippen molar-refractivity contribution in [2.75, 3.05) is 0 Å². The van der Waals surface area contributed by atoms with E-state index in [0.29, 0.717) is 5.56 Å². The summed E-state index contributed by atoms with van der Waals surface area (Å²) in [5.74, 6) is 0.00737. The fourth-order valence-corrected chi connectivity index (χ4v) is 1.09. The summed E-state index contributed by atoms with van der Waals surface area (Å²) in [7, 11) is 0. The van der Waals surface area contributed by atoms with Gasteiger partial charge in [-0.3, -0.25) is 0 Å². The number of nitrogens with two attached hydrogens (primary N) is 1.